The average molecular weight is 268 g/mol. The Balaban J connectivity index is 2.38. The lowest BCUT2D eigenvalue weighted by Crippen LogP contribution is -2.31. The fourth-order valence-corrected chi connectivity index (χ4v) is 2.34. The predicted molar refractivity (Wildman–Crippen MR) is 73.8 cm³/mol. The van der Waals surface area contributed by atoms with Gasteiger partial charge in [0.05, 0.1) is 6.33 Å². The zero-order valence-electron chi connectivity index (χ0n) is 11.0. The first-order valence-electron chi connectivity index (χ1n) is 6.12. The Labute approximate surface area is 111 Å². The molecule has 0 saturated carbocycles. The predicted octanol–water partition coefficient (Wildman–Crippen LogP) is 3.10. The topological polar surface area (TPSA) is 66.5 Å². The molecule has 0 unspecified atom stereocenters. The van der Waals surface area contributed by atoms with Crippen molar-refractivity contribution in [2.45, 2.75) is 33.7 Å². The summed E-state index contributed by atoms with van der Waals surface area (Å²) in [5.41, 5.74) is 1.38. The molecule has 0 saturated heterocycles. The quantitative estimate of drug-likeness (QED) is 0.836. The van der Waals surface area contributed by atoms with Crippen LogP contribution in [0, 0.1) is 11.8 Å². The van der Waals surface area contributed by atoms with Gasteiger partial charge < -0.3 is 10.3 Å². The van der Waals surface area contributed by atoms with Crippen molar-refractivity contribution in [3.8, 4) is 0 Å². The third-order valence-electron chi connectivity index (χ3n) is 3.00. The van der Waals surface area contributed by atoms with E-state index < -0.39 is 0 Å². The maximum absolute atomic E-state index is 5.91. The van der Waals surface area contributed by atoms with Gasteiger partial charge in [0.2, 0.25) is 5.28 Å². The number of aromatic amines is 1. The summed E-state index contributed by atoms with van der Waals surface area (Å²) < 4.78 is 0. The van der Waals surface area contributed by atoms with Gasteiger partial charge in [-0.1, -0.05) is 27.7 Å². The highest BCUT2D eigenvalue weighted by atomic mass is 35.5. The molecule has 2 aromatic heterocycles. The highest BCUT2D eigenvalue weighted by Gasteiger charge is 2.20. The van der Waals surface area contributed by atoms with Crippen LogP contribution in [0.15, 0.2) is 6.33 Å². The number of imidazole rings is 1. The Kier molecular flexibility index (Phi) is 3.71. The molecule has 98 valence electrons. The van der Waals surface area contributed by atoms with Crippen LogP contribution in [0.3, 0.4) is 0 Å². The molecule has 0 aliphatic heterocycles. The molecular weight excluding hydrogens is 250 g/mol. The number of nitrogens with one attached hydrogen (secondary N) is 2. The van der Waals surface area contributed by atoms with Gasteiger partial charge >= 0.3 is 0 Å². The first-order chi connectivity index (χ1) is 8.49. The molecular formula is C12H18ClN5. The van der Waals surface area contributed by atoms with Crippen molar-refractivity contribution in [2.24, 2.45) is 11.8 Å². The minimum Gasteiger partial charge on any atom is -0.365 e. The number of hydrogen-bond acceptors (Lipinski definition) is 4. The fourth-order valence-electron chi connectivity index (χ4n) is 2.17. The molecule has 0 aliphatic carbocycles. The second-order valence-electron chi connectivity index (χ2n) is 5.10. The van der Waals surface area contributed by atoms with E-state index in [1.54, 1.807) is 6.33 Å². The number of fused-ring (bicyclic) bond motifs is 1. The van der Waals surface area contributed by atoms with Crippen molar-refractivity contribution >= 4 is 28.6 Å². The Morgan fingerprint density at radius 2 is 1.83 bits per heavy atom. The summed E-state index contributed by atoms with van der Waals surface area (Å²) in [5.74, 6) is 1.71. The summed E-state index contributed by atoms with van der Waals surface area (Å²) in [4.78, 5) is 15.5. The standard InChI is InChI=1S/C12H18ClN5/c1-6(2)8(7(3)4)16-11-9-10(15-5-14-9)17-12(13)18-11/h5-8H,1-4H3,(H2,14,15,16,17,18). The lowest BCUT2D eigenvalue weighted by Gasteiger charge is -2.26. The third-order valence-corrected chi connectivity index (χ3v) is 3.17. The van der Waals surface area contributed by atoms with E-state index in [9.17, 15) is 0 Å². The Hall–Kier alpha value is -1.36. The minimum absolute atomic E-state index is 0.211. The molecule has 0 fully saturated rings. The van der Waals surface area contributed by atoms with Crippen molar-refractivity contribution in [1.29, 1.82) is 0 Å². The number of hydrogen-bond donors (Lipinski definition) is 2. The zero-order valence-corrected chi connectivity index (χ0v) is 11.8. The highest BCUT2D eigenvalue weighted by Crippen LogP contribution is 2.23. The van der Waals surface area contributed by atoms with Crippen LogP contribution >= 0.6 is 11.6 Å². The van der Waals surface area contributed by atoms with Gasteiger partial charge in [-0.3, -0.25) is 0 Å². The maximum Gasteiger partial charge on any atom is 0.226 e. The van der Waals surface area contributed by atoms with Crippen LogP contribution < -0.4 is 5.32 Å². The molecule has 0 spiro atoms. The van der Waals surface area contributed by atoms with Crippen molar-refractivity contribution in [2.75, 3.05) is 5.32 Å². The molecule has 0 atom stereocenters. The fraction of sp³-hybridized carbons (Fsp3) is 0.583. The van der Waals surface area contributed by atoms with Crippen LogP contribution in [0.4, 0.5) is 5.82 Å². The Morgan fingerprint density at radius 1 is 1.17 bits per heavy atom. The van der Waals surface area contributed by atoms with E-state index in [4.69, 9.17) is 11.6 Å². The molecule has 2 heterocycles. The molecule has 0 aromatic carbocycles. The summed E-state index contributed by atoms with van der Waals surface area (Å²) in [6.45, 7) is 8.74. The van der Waals surface area contributed by atoms with E-state index in [0.29, 0.717) is 23.5 Å². The van der Waals surface area contributed by atoms with Crippen LogP contribution in [0.25, 0.3) is 11.2 Å². The van der Waals surface area contributed by atoms with E-state index >= 15 is 0 Å². The second kappa shape index (κ2) is 5.10. The van der Waals surface area contributed by atoms with Gasteiger partial charge in [-0.25, -0.2) is 4.98 Å². The van der Waals surface area contributed by atoms with Crippen LogP contribution in [-0.2, 0) is 0 Å². The van der Waals surface area contributed by atoms with Crippen LogP contribution in [-0.4, -0.2) is 26.0 Å². The monoisotopic (exact) mass is 267 g/mol. The van der Waals surface area contributed by atoms with E-state index in [-0.39, 0.29) is 5.28 Å². The van der Waals surface area contributed by atoms with E-state index in [1.807, 2.05) is 0 Å². The summed E-state index contributed by atoms with van der Waals surface area (Å²) in [5, 5.41) is 3.65. The summed E-state index contributed by atoms with van der Waals surface area (Å²) in [7, 11) is 0. The molecule has 2 N–H and O–H groups in total. The van der Waals surface area contributed by atoms with Crippen molar-refractivity contribution in [3.05, 3.63) is 11.6 Å². The van der Waals surface area contributed by atoms with Gasteiger partial charge in [-0.05, 0) is 23.4 Å². The van der Waals surface area contributed by atoms with E-state index in [2.05, 4.69) is 52.9 Å². The van der Waals surface area contributed by atoms with Gasteiger partial charge in [-0.15, -0.1) is 0 Å². The van der Waals surface area contributed by atoms with Gasteiger partial charge in [-0.2, -0.15) is 9.97 Å². The molecule has 0 bridgehead atoms. The average Bonchev–Trinajstić information content (AvgIpc) is 2.72. The molecule has 5 nitrogen and oxygen atoms in total. The summed E-state index contributed by atoms with van der Waals surface area (Å²) in [6, 6.07) is 0.322. The van der Waals surface area contributed by atoms with Crippen LogP contribution in [0.5, 0.6) is 0 Å². The maximum atomic E-state index is 5.91. The SMILES string of the molecule is CC(C)C(Nc1nc(Cl)nc2nc[nH]c12)C(C)C. The number of rotatable bonds is 4. The first kappa shape index (κ1) is 13.1. The van der Waals surface area contributed by atoms with Crippen LogP contribution in [0.2, 0.25) is 5.28 Å². The third kappa shape index (κ3) is 2.56. The zero-order chi connectivity index (χ0) is 13.3. The number of halogens is 1. The molecule has 0 radical (unpaired) electrons. The Morgan fingerprint density at radius 3 is 2.44 bits per heavy atom. The molecule has 6 heteroatoms. The Bertz CT molecular complexity index is 526. The first-order valence-corrected chi connectivity index (χ1v) is 6.50. The van der Waals surface area contributed by atoms with E-state index in [0.717, 1.165) is 11.3 Å². The minimum atomic E-state index is 0.211. The highest BCUT2D eigenvalue weighted by molar-refractivity contribution is 6.28. The summed E-state index contributed by atoms with van der Waals surface area (Å²) in [6.07, 6.45) is 1.60. The van der Waals surface area contributed by atoms with Crippen molar-refractivity contribution < 1.29 is 0 Å². The molecule has 0 aliphatic rings. The smallest absolute Gasteiger partial charge is 0.226 e. The van der Waals surface area contributed by atoms with Crippen molar-refractivity contribution in [3.63, 3.8) is 0 Å². The number of aromatic nitrogens is 4. The normalized spacial score (nSPS) is 12.0. The van der Waals surface area contributed by atoms with Gasteiger partial charge in [0.25, 0.3) is 0 Å². The number of nitrogens with zero attached hydrogens (tertiary/aromatic N) is 3. The van der Waals surface area contributed by atoms with Crippen molar-refractivity contribution in [1.82, 2.24) is 19.9 Å². The van der Waals surface area contributed by atoms with E-state index in [1.165, 1.54) is 0 Å². The molecule has 0 amide bonds. The number of anilines is 1. The van der Waals surface area contributed by atoms with Crippen LogP contribution in [0.1, 0.15) is 27.7 Å². The largest absolute Gasteiger partial charge is 0.365 e. The lowest BCUT2D eigenvalue weighted by molar-refractivity contribution is 0.412. The van der Waals surface area contributed by atoms with Gasteiger partial charge in [0, 0.05) is 6.04 Å². The lowest BCUT2D eigenvalue weighted by atomic mass is 9.93. The second-order valence-corrected chi connectivity index (χ2v) is 5.44. The van der Waals surface area contributed by atoms with Gasteiger partial charge in [0.1, 0.15) is 5.52 Å². The number of H-pyrrole nitrogens is 1. The molecule has 18 heavy (non-hydrogen) atoms. The van der Waals surface area contributed by atoms with Gasteiger partial charge in [0.15, 0.2) is 11.5 Å². The molecule has 2 aromatic rings. The summed E-state index contributed by atoms with van der Waals surface area (Å²) >= 11 is 5.91. The molecule has 2 rings (SSSR count).